The van der Waals surface area contributed by atoms with E-state index >= 15 is 0 Å². The van der Waals surface area contributed by atoms with Crippen molar-refractivity contribution in [3.8, 4) is 0 Å². The lowest BCUT2D eigenvalue weighted by molar-refractivity contribution is -0.130. The molecular formula is C22H35N3O3. The minimum atomic E-state index is -0.525. The van der Waals surface area contributed by atoms with E-state index in [1.54, 1.807) is 0 Å². The average Bonchev–Trinajstić information content (AvgIpc) is 2.66. The molecule has 6 nitrogen and oxygen atoms in total. The third-order valence-corrected chi connectivity index (χ3v) is 4.90. The number of amides is 2. The van der Waals surface area contributed by atoms with Crippen molar-refractivity contribution in [3.05, 3.63) is 35.9 Å². The Balaban J connectivity index is 1.93. The Morgan fingerprint density at radius 3 is 2.39 bits per heavy atom. The zero-order valence-electron chi connectivity index (χ0n) is 17.4. The minimum Gasteiger partial charge on any atom is -0.379 e. The number of aryl methyl sites for hydroxylation is 1. The minimum absolute atomic E-state index is 0.0860. The van der Waals surface area contributed by atoms with Gasteiger partial charge in [0.05, 0.1) is 19.8 Å². The van der Waals surface area contributed by atoms with E-state index in [1.165, 1.54) is 0 Å². The normalized spacial score (nSPS) is 17.1. The van der Waals surface area contributed by atoms with Crippen LogP contribution in [0.2, 0.25) is 0 Å². The van der Waals surface area contributed by atoms with E-state index in [0.29, 0.717) is 32.1 Å². The number of nitrogens with one attached hydrogen (secondary N) is 2. The lowest BCUT2D eigenvalue weighted by Gasteiger charge is -2.27. The lowest BCUT2D eigenvalue weighted by Crippen LogP contribution is -2.52. The van der Waals surface area contributed by atoms with Crippen molar-refractivity contribution in [1.29, 1.82) is 0 Å². The van der Waals surface area contributed by atoms with Crippen LogP contribution in [0.1, 0.15) is 39.2 Å². The molecule has 2 rings (SSSR count). The van der Waals surface area contributed by atoms with Gasteiger partial charge in [0.1, 0.15) is 6.04 Å². The van der Waals surface area contributed by atoms with Gasteiger partial charge in [-0.3, -0.25) is 14.5 Å². The largest absolute Gasteiger partial charge is 0.379 e. The second-order valence-corrected chi connectivity index (χ2v) is 8.07. The van der Waals surface area contributed by atoms with E-state index in [9.17, 15) is 9.59 Å². The summed E-state index contributed by atoms with van der Waals surface area (Å²) in [5.74, 6) is 0.306. The average molecular weight is 390 g/mol. The first kappa shape index (κ1) is 22.4. The van der Waals surface area contributed by atoms with Gasteiger partial charge in [0, 0.05) is 19.1 Å². The fourth-order valence-corrected chi connectivity index (χ4v) is 3.54. The quantitative estimate of drug-likeness (QED) is 0.642. The monoisotopic (exact) mass is 389 g/mol. The number of morpholine rings is 1. The van der Waals surface area contributed by atoms with E-state index in [-0.39, 0.29) is 17.9 Å². The van der Waals surface area contributed by atoms with Crippen molar-refractivity contribution in [2.45, 2.75) is 52.1 Å². The van der Waals surface area contributed by atoms with Gasteiger partial charge in [-0.05, 0) is 37.7 Å². The van der Waals surface area contributed by atoms with Crippen molar-refractivity contribution in [2.75, 3.05) is 32.8 Å². The molecule has 1 saturated heterocycles. The van der Waals surface area contributed by atoms with Gasteiger partial charge in [0.25, 0.3) is 0 Å². The Hall–Kier alpha value is -1.92. The van der Waals surface area contributed by atoms with Gasteiger partial charge in [-0.2, -0.15) is 0 Å². The number of rotatable bonds is 10. The first-order valence-corrected chi connectivity index (χ1v) is 10.4. The van der Waals surface area contributed by atoms with Crippen molar-refractivity contribution in [2.24, 2.45) is 5.92 Å². The van der Waals surface area contributed by atoms with Gasteiger partial charge < -0.3 is 15.4 Å². The highest BCUT2D eigenvalue weighted by Gasteiger charge is 2.23. The van der Waals surface area contributed by atoms with Crippen LogP contribution in [-0.4, -0.2) is 61.6 Å². The summed E-state index contributed by atoms with van der Waals surface area (Å²) in [5.41, 5.74) is 1.16. The van der Waals surface area contributed by atoms with Gasteiger partial charge in [0.2, 0.25) is 11.8 Å². The SMILES string of the molecule is CC(C)CC(C)NC(=O)[C@H](CCc1ccccc1)NC(=O)CN1CCOCC1. The molecule has 2 amide bonds. The molecule has 1 unspecified atom stereocenters. The van der Waals surface area contributed by atoms with Gasteiger partial charge in [-0.25, -0.2) is 0 Å². The van der Waals surface area contributed by atoms with Gasteiger partial charge in [0.15, 0.2) is 0 Å². The van der Waals surface area contributed by atoms with Crippen LogP contribution >= 0.6 is 0 Å². The van der Waals surface area contributed by atoms with Gasteiger partial charge in [-0.15, -0.1) is 0 Å². The van der Waals surface area contributed by atoms with E-state index in [2.05, 4.69) is 29.4 Å². The first-order chi connectivity index (χ1) is 13.4. The highest BCUT2D eigenvalue weighted by molar-refractivity contribution is 5.88. The molecule has 0 aliphatic carbocycles. The smallest absolute Gasteiger partial charge is 0.242 e. The Morgan fingerprint density at radius 2 is 1.75 bits per heavy atom. The van der Waals surface area contributed by atoms with Gasteiger partial charge in [-0.1, -0.05) is 44.2 Å². The summed E-state index contributed by atoms with van der Waals surface area (Å²) in [4.78, 5) is 27.4. The Labute approximate surface area is 169 Å². The van der Waals surface area contributed by atoms with Crippen molar-refractivity contribution in [1.82, 2.24) is 15.5 Å². The molecule has 156 valence electrons. The van der Waals surface area contributed by atoms with Crippen LogP contribution < -0.4 is 10.6 Å². The summed E-state index contributed by atoms with van der Waals surface area (Å²) >= 11 is 0. The second-order valence-electron chi connectivity index (χ2n) is 8.07. The van der Waals surface area contributed by atoms with Crippen LogP contribution in [0.3, 0.4) is 0 Å². The van der Waals surface area contributed by atoms with Crippen LogP contribution in [0.5, 0.6) is 0 Å². The summed E-state index contributed by atoms with van der Waals surface area (Å²) in [6, 6.07) is 9.62. The molecule has 28 heavy (non-hydrogen) atoms. The molecule has 2 atom stereocenters. The third-order valence-electron chi connectivity index (χ3n) is 4.90. The van der Waals surface area contributed by atoms with E-state index < -0.39 is 6.04 Å². The van der Waals surface area contributed by atoms with Crippen LogP contribution in [0, 0.1) is 5.92 Å². The number of carbonyl (C=O) groups is 2. The number of carbonyl (C=O) groups excluding carboxylic acids is 2. The molecule has 1 aromatic carbocycles. The summed E-state index contributed by atoms with van der Waals surface area (Å²) in [7, 11) is 0. The number of hydrogen-bond donors (Lipinski definition) is 2. The molecule has 0 aromatic heterocycles. The highest BCUT2D eigenvalue weighted by Crippen LogP contribution is 2.08. The Morgan fingerprint density at radius 1 is 1.07 bits per heavy atom. The maximum Gasteiger partial charge on any atom is 0.242 e. The molecule has 1 aliphatic heterocycles. The van der Waals surface area contributed by atoms with Crippen LogP contribution in [0.25, 0.3) is 0 Å². The molecule has 6 heteroatoms. The lowest BCUT2D eigenvalue weighted by atomic mass is 10.0. The molecule has 2 N–H and O–H groups in total. The number of hydrogen-bond acceptors (Lipinski definition) is 4. The van der Waals surface area contributed by atoms with Crippen LogP contribution in [-0.2, 0) is 20.7 Å². The summed E-state index contributed by atoms with van der Waals surface area (Å²) < 4.78 is 5.33. The van der Waals surface area contributed by atoms with Crippen LogP contribution in [0.15, 0.2) is 30.3 Å². The molecule has 0 radical (unpaired) electrons. The Kier molecular flexibility index (Phi) is 9.44. The number of ether oxygens (including phenoxy) is 1. The second kappa shape index (κ2) is 11.8. The highest BCUT2D eigenvalue weighted by atomic mass is 16.5. The van der Waals surface area contributed by atoms with E-state index in [4.69, 9.17) is 4.74 Å². The molecular weight excluding hydrogens is 354 g/mol. The predicted molar refractivity (Wildman–Crippen MR) is 111 cm³/mol. The fraction of sp³-hybridized carbons (Fsp3) is 0.636. The molecule has 1 aliphatic rings. The molecule has 1 aromatic rings. The fourth-order valence-electron chi connectivity index (χ4n) is 3.54. The van der Waals surface area contributed by atoms with Crippen molar-refractivity contribution >= 4 is 11.8 Å². The third kappa shape index (κ3) is 8.40. The summed E-state index contributed by atoms with van der Waals surface area (Å²) in [5, 5.41) is 6.03. The summed E-state index contributed by atoms with van der Waals surface area (Å²) in [6.45, 7) is 9.40. The van der Waals surface area contributed by atoms with Gasteiger partial charge >= 0.3 is 0 Å². The topological polar surface area (TPSA) is 70.7 Å². The molecule has 0 bridgehead atoms. The maximum atomic E-state index is 12.8. The van der Waals surface area contributed by atoms with Crippen LogP contribution in [0.4, 0.5) is 0 Å². The Bertz CT molecular complexity index is 600. The maximum absolute atomic E-state index is 12.8. The molecule has 1 fully saturated rings. The molecule has 0 saturated carbocycles. The number of nitrogens with zero attached hydrogens (tertiary/aromatic N) is 1. The van der Waals surface area contributed by atoms with Crippen molar-refractivity contribution in [3.63, 3.8) is 0 Å². The number of benzene rings is 1. The van der Waals surface area contributed by atoms with E-state index in [1.807, 2.05) is 37.3 Å². The molecule has 0 spiro atoms. The van der Waals surface area contributed by atoms with Crippen molar-refractivity contribution < 1.29 is 14.3 Å². The predicted octanol–water partition coefficient (Wildman–Crippen LogP) is 1.99. The molecule has 1 heterocycles. The van der Waals surface area contributed by atoms with E-state index in [0.717, 1.165) is 31.5 Å². The zero-order valence-corrected chi connectivity index (χ0v) is 17.4. The zero-order chi connectivity index (χ0) is 20.4. The first-order valence-electron chi connectivity index (χ1n) is 10.4. The summed E-state index contributed by atoms with van der Waals surface area (Å²) in [6.07, 6.45) is 2.24. The standard InChI is InChI=1S/C22H35N3O3/c1-17(2)15-18(3)23-22(27)20(10-9-19-7-5-4-6-8-19)24-21(26)16-25-11-13-28-14-12-25/h4-8,17-18,20H,9-16H2,1-3H3,(H,23,27)(H,24,26)/t18?,20-/m0/s1.